The molecule has 1 amide bonds. The zero-order valence-corrected chi connectivity index (χ0v) is 11.9. The lowest BCUT2D eigenvalue weighted by atomic mass is 9.87. The van der Waals surface area contributed by atoms with E-state index in [9.17, 15) is 4.79 Å². The third-order valence-electron chi connectivity index (χ3n) is 4.30. The molecule has 0 aliphatic carbocycles. The van der Waals surface area contributed by atoms with Crippen LogP contribution in [0.1, 0.15) is 16.7 Å². The van der Waals surface area contributed by atoms with Crippen LogP contribution < -0.4 is 10.6 Å². The van der Waals surface area contributed by atoms with E-state index in [0.717, 1.165) is 35.3 Å². The van der Waals surface area contributed by atoms with Gasteiger partial charge in [-0.05, 0) is 41.3 Å². The Morgan fingerprint density at radius 2 is 1.91 bits per heavy atom. The number of hydrogen-bond donors (Lipinski definition) is 3. The first-order valence-electron chi connectivity index (χ1n) is 7.28. The van der Waals surface area contributed by atoms with Gasteiger partial charge in [-0.2, -0.15) is 0 Å². The van der Waals surface area contributed by atoms with Crippen LogP contribution in [0.5, 0.6) is 0 Å². The fourth-order valence-corrected chi connectivity index (χ4v) is 3.29. The number of benzene rings is 2. The number of rotatable bonds is 1. The van der Waals surface area contributed by atoms with Crippen molar-refractivity contribution in [2.24, 2.45) is 5.16 Å². The van der Waals surface area contributed by atoms with Crippen LogP contribution in [-0.4, -0.2) is 23.4 Å². The number of fused-ring (bicyclic) bond motifs is 3. The van der Waals surface area contributed by atoms with Crippen molar-refractivity contribution in [2.45, 2.75) is 13.0 Å². The highest BCUT2D eigenvalue weighted by Crippen LogP contribution is 2.38. The molecule has 0 saturated heterocycles. The van der Waals surface area contributed by atoms with E-state index in [2.05, 4.69) is 27.9 Å². The van der Waals surface area contributed by atoms with Gasteiger partial charge in [-0.15, -0.1) is 0 Å². The number of hydrogen-bond acceptors (Lipinski definition) is 4. The molecule has 0 bridgehead atoms. The van der Waals surface area contributed by atoms with Gasteiger partial charge in [0.1, 0.15) is 0 Å². The van der Waals surface area contributed by atoms with Crippen LogP contribution >= 0.6 is 0 Å². The second-order valence-electron chi connectivity index (χ2n) is 5.50. The van der Waals surface area contributed by atoms with Crippen molar-refractivity contribution in [3.63, 3.8) is 0 Å². The average Bonchev–Trinajstić information content (AvgIpc) is 2.90. The molecule has 2 aromatic carbocycles. The number of anilines is 1. The van der Waals surface area contributed by atoms with Crippen molar-refractivity contribution >= 4 is 17.3 Å². The number of carbonyl (C=O) groups excluding carboxylic acids is 1. The minimum atomic E-state index is -0.351. The molecule has 0 spiro atoms. The van der Waals surface area contributed by atoms with Gasteiger partial charge in [0, 0.05) is 12.1 Å². The molecule has 0 aromatic heterocycles. The lowest BCUT2D eigenvalue weighted by molar-refractivity contribution is -0.110. The zero-order valence-electron chi connectivity index (χ0n) is 11.9. The van der Waals surface area contributed by atoms with Crippen LogP contribution in [0, 0.1) is 0 Å². The second kappa shape index (κ2) is 4.96. The van der Waals surface area contributed by atoms with E-state index in [1.54, 1.807) is 0 Å². The summed E-state index contributed by atoms with van der Waals surface area (Å²) >= 11 is 0. The topological polar surface area (TPSA) is 73.7 Å². The first kappa shape index (κ1) is 13.0. The summed E-state index contributed by atoms with van der Waals surface area (Å²) < 4.78 is 0. The van der Waals surface area contributed by atoms with Gasteiger partial charge >= 0.3 is 0 Å². The van der Waals surface area contributed by atoms with Crippen LogP contribution in [0.4, 0.5) is 5.69 Å². The molecule has 22 heavy (non-hydrogen) atoms. The molecule has 0 atom stereocenters. The molecular weight excluding hydrogens is 278 g/mol. The highest BCUT2D eigenvalue weighted by atomic mass is 16.4. The van der Waals surface area contributed by atoms with Crippen molar-refractivity contribution in [3.8, 4) is 11.1 Å². The first-order chi connectivity index (χ1) is 10.8. The van der Waals surface area contributed by atoms with Crippen molar-refractivity contribution < 1.29 is 10.0 Å². The molecule has 0 fully saturated rings. The quantitative estimate of drug-likeness (QED) is 0.557. The van der Waals surface area contributed by atoms with Gasteiger partial charge in [-0.25, -0.2) is 0 Å². The van der Waals surface area contributed by atoms with Crippen LogP contribution in [0.3, 0.4) is 0 Å². The maximum absolute atomic E-state index is 12.0. The molecule has 2 aromatic rings. The summed E-state index contributed by atoms with van der Waals surface area (Å²) in [6.45, 7) is 1.62. The Bertz CT molecular complexity index is 797. The summed E-state index contributed by atoms with van der Waals surface area (Å²) in [4.78, 5) is 12.0. The SMILES string of the molecule is O=C1Nc2c(cc(-c3ccccc3)c3c2CNCC3)C1=NO. The average molecular weight is 293 g/mol. The van der Waals surface area contributed by atoms with Gasteiger partial charge in [-0.3, -0.25) is 4.79 Å². The predicted octanol–water partition coefficient (Wildman–Crippen LogP) is 2.13. The Balaban J connectivity index is 2.01. The molecule has 0 unspecified atom stereocenters. The van der Waals surface area contributed by atoms with Gasteiger partial charge in [0.25, 0.3) is 5.91 Å². The summed E-state index contributed by atoms with van der Waals surface area (Å²) in [5.41, 5.74) is 6.10. The number of carbonyl (C=O) groups is 1. The molecule has 2 aliphatic heterocycles. The normalized spacial score (nSPS) is 18.0. The van der Waals surface area contributed by atoms with E-state index >= 15 is 0 Å². The Labute approximate surface area is 127 Å². The van der Waals surface area contributed by atoms with Crippen LogP contribution in [0.25, 0.3) is 11.1 Å². The minimum Gasteiger partial charge on any atom is -0.410 e. The van der Waals surface area contributed by atoms with E-state index < -0.39 is 0 Å². The summed E-state index contributed by atoms with van der Waals surface area (Å²) in [6.07, 6.45) is 0.911. The Morgan fingerprint density at radius 1 is 1.09 bits per heavy atom. The van der Waals surface area contributed by atoms with Crippen molar-refractivity contribution in [3.05, 3.63) is 53.1 Å². The molecular formula is C17H15N3O2. The fourth-order valence-electron chi connectivity index (χ4n) is 3.29. The Morgan fingerprint density at radius 3 is 2.68 bits per heavy atom. The van der Waals surface area contributed by atoms with Crippen LogP contribution in [-0.2, 0) is 17.8 Å². The maximum Gasteiger partial charge on any atom is 0.278 e. The maximum atomic E-state index is 12.0. The largest absolute Gasteiger partial charge is 0.410 e. The molecule has 110 valence electrons. The smallest absolute Gasteiger partial charge is 0.278 e. The minimum absolute atomic E-state index is 0.0838. The van der Waals surface area contributed by atoms with E-state index in [1.807, 2.05) is 24.3 Å². The van der Waals surface area contributed by atoms with Crippen molar-refractivity contribution in [2.75, 3.05) is 11.9 Å². The van der Waals surface area contributed by atoms with Gasteiger partial charge in [-0.1, -0.05) is 35.5 Å². The molecule has 0 saturated carbocycles. The van der Waals surface area contributed by atoms with E-state index in [-0.39, 0.29) is 11.6 Å². The Hall–Kier alpha value is -2.66. The molecule has 2 aliphatic rings. The van der Waals surface area contributed by atoms with Gasteiger partial charge < -0.3 is 15.8 Å². The van der Waals surface area contributed by atoms with Crippen LogP contribution in [0.15, 0.2) is 41.6 Å². The molecule has 2 heterocycles. The number of amides is 1. The summed E-state index contributed by atoms with van der Waals surface area (Å²) in [5, 5.41) is 18.5. The standard InChI is InChI=1S/C17H15N3O2/c21-17-16(20-22)13-8-12(10-4-2-1-3-5-10)11-6-7-18-9-14(11)15(13)19-17/h1-5,8,18,22H,6-7,9H2,(H,19,20,21). The summed E-state index contributed by atoms with van der Waals surface area (Å²) in [5.74, 6) is -0.351. The van der Waals surface area contributed by atoms with Gasteiger partial charge in [0.15, 0.2) is 5.71 Å². The molecule has 0 radical (unpaired) electrons. The zero-order chi connectivity index (χ0) is 15.1. The monoisotopic (exact) mass is 293 g/mol. The van der Waals surface area contributed by atoms with E-state index in [4.69, 9.17) is 5.21 Å². The Kier molecular flexibility index (Phi) is 2.94. The predicted molar refractivity (Wildman–Crippen MR) is 84.2 cm³/mol. The van der Waals surface area contributed by atoms with Crippen LogP contribution in [0.2, 0.25) is 0 Å². The number of nitrogens with one attached hydrogen (secondary N) is 2. The molecule has 4 rings (SSSR count). The summed E-state index contributed by atoms with van der Waals surface area (Å²) in [6, 6.07) is 12.1. The number of oxime groups is 1. The lowest BCUT2D eigenvalue weighted by Crippen LogP contribution is -2.25. The fraction of sp³-hybridized carbons (Fsp3) is 0.176. The van der Waals surface area contributed by atoms with Crippen molar-refractivity contribution in [1.82, 2.24) is 5.32 Å². The molecule has 3 N–H and O–H groups in total. The van der Waals surface area contributed by atoms with E-state index in [0.29, 0.717) is 12.1 Å². The van der Waals surface area contributed by atoms with Gasteiger partial charge in [0.05, 0.1) is 5.69 Å². The van der Waals surface area contributed by atoms with Gasteiger partial charge in [0.2, 0.25) is 0 Å². The van der Waals surface area contributed by atoms with E-state index in [1.165, 1.54) is 5.56 Å². The first-order valence-corrected chi connectivity index (χ1v) is 7.28. The lowest BCUT2D eigenvalue weighted by Gasteiger charge is -2.23. The third kappa shape index (κ3) is 1.83. The van der Waals surface area contributed by atoms with Crippen molar-refractivity contribution in [1.29, 1.82) is 0 Å². The number of nitrogens with zero attached hydrogens (tertiary/aromatic N) is 1. The third-order valence-corrected chi connectivity index (χ3v) is 4.30. The highest BCUT2D eigenvalue weighted by molar-refractivity contribution is 6.54. The molecule has 5 nitrogen and oxygen atoms in total. The molecule has 5 heteroatoms. The summed E-state index contributed by atoms with van der Waals surface area (Å²) in [7, 11) is 0. The highest BCUT2D eigenvalue weighted by Gasteiger charge is 2.32. The second-order valence-corrected chi connectivity index (χ2v) is 5.50.